The van der Waals surface area contributed by atoms with Gasteiger partial charge in [-0.15, -0.1) is 0 Å². The Kier molecular flexibility index (Phi) is 16.4. The van der Waals surface area contributed by atoms with Crippen LogP contribution in [0.25, 0.3) is 33.7 Å². The third-order valence-electron chi connectivity index (χ3n) is 10.5. The first-order chi connectivity index (χ1) is 25.8. The lowest BCUT2D eigenvalue weighted by Gasteiger charge is -2.25. The summed E-state index contributed by atoms with van der Waals surface area (Å²) in [4.78, 5) is 4.89. The zero-order valence-corrected chi connectivity index (χ0v) is 34.6. The summed E-state index contributed by atoms with van der Waals surface area (Å²) in [5, 5.41) is 5.29. The van der Waals surface area contributed by atoms with Gasteiger partial charge in [-0.3, -0.25) is 0 Å². The molecule has 4 nitrogen and oxygen atoms in total. The zero-order valence-electron chi connectivity index (χ0n) is 31.5. The van der Waals surface area contributed by atoms with Crippen molar-refractivity contribution in [1.82, 2.24) is 9.80 Å². The van der Waals surface area contributed by atoms with Crippen molar-refractivity contribution >= 4 is 33.7 Å². The summed E-state index contributed by atoms with van der Waals surface area (Å²) in [5.41, 5.74) is 5.64. The first-order valence-corrected chi connectivity index (χ1v) is 19.5. The van der Waals surface area contributed by atoms with Gasteiger partial charge in [-0.1, -0.05) is 97.8 Å². The molecule has 6 heteroatoms. The lowest BCUT2D eigenvalue weighted by Crippen LogP contribution is -3.00. The van der Waals surface area contributed by atoms with Crippen molar-refractivity contribution in [2.24, 2.45) is 0 Å². The maximum absolute atomic E-state index is 2.44. The molecule has 0 fully saturated rings. The summed E-state index contributed by atoms with van der Waals surface area (Å²) in [5.74, 6) is 0. The van der Waals surface area contributed by atoms with E-state index >= 15 is 0 Å². The number of pyridine rings is 2. The van der Waals surface area contributed by atoms with Gasteiger partial charge in [0.15, 0.2) is 24.8 Å². The van der Waals surface area contributed by atoms with E-state index in [2.05, 4.69) is 177 Å². The van der Waals surface area contributed by atoms with Crippen LogP contribution in [0, 0.1) is 0 Å². The smallest absolute Gasteiger partial charge is 0.176 e. The summed E-state index contributed by atoms with van der Waals surface area (Å²) in [6.45, 7) is 6.66. The Hall–Kier alpha value is -4.26. The van der Waals surface area contributed by atoms with Gasteiger partial charge < -0.3 is 43.8 Å². The molecule has 0 aliphatic carbocycles. The molecule has 4 heterocycles. The second-order valence-electron chi connectivity index (χ2n) is 14.4. The van der Waals surface area contributed by atoms with Crippen LogP contribution in [0.5, 0.6) is 0 Å². The molecule has 0 atom stereocenters. The maximum Gasteiger partial charge on any atom is 0.176 e. The van der Waals surface area contributed by atoms with Crippen molar-refractivity contribution in [3.05, 3.63) is 169 Å². The molecule has 4 aromatic carbocycles. The third-order valence-corrected chi connectivity index (χ3v) is 10.5. The van der Waals surface area contributed by atoms with Crippen LogP contribution in [-0.2, 0) is 26.2 Å². The molecule has 2 aromatic heterocycles. The monoisotopic (exact) mass is 844 g/mol. The Labute approximate surface area is 344 Å². The van der Waals surface area contributed by atoms with Gasteiger partial charge in [-0.2, -0.15) is 0 Å². The molecule has 0 saturated carbocycles. The van der Waals surface area contributed by atoms with Crippen molar-refractivity contribution in [3.8, 4) is 0 Å². The second-order valence-corrected chi connectivity index (χ2v) is 14.4. The van der Waals surface area contributed by atoms with Crippen LogP contribution >= 0.6 is 0 Å². The van der Waals surface area contributed by atoms with Crippen LogP contribution in [0.4, 0.5) is 0 Å². The fourth-order valence-corrected chi connectivity index (χ4v) is 7.46. The average Bonchev–Trinajstić information content (AvgIpc) is 3.20. The number of nitrogens with zero attached hydrogens (tertiary/aromatic N) is 4. The minimum absolute atomic E-state index is 0. The predicted molar refractivity (Wildman–Crippen MR) is 217 cm³/mol. The van der Waals surface area contributed by atoms with E-state index in [1.165, 1.54) is 95.2 Å². The highest BCUT2D eigenvalue weighted by Gasteiger charge is 2.11. The normalized spacial score (nSPS) is 12.7. The molecule has 2 aliphatic rings. The topological polar surface area (TPSA) is 14.2 Å². The number of aromatic nitrogens is 2. The van der Waals surface area contributed by atoms with E-state index in [1.807, 2.05) is 0 Å². The first kappa shape index (κ1) is 40.9. The number of halogens is 2. The van der Waals surface area contributed by atoms with Crippen molar-refractivity contribution in [2.75, 3.05) is 13.1 Å². The molecule has 54 heavy (non-hydrogen) atoms. The van der Waals surface area contributed by atoms with Gasteiger partial charge in [0.05, 0.1) is 0 Å². The van der Waals surface area contributed by atoms with Gasteiger partial charge in [-0.05, 0) is 95.4 Å². The lowest BCUT2D eigenvalue weighted by molar-refractivity contribution is -0.696. The Balaban J connectivity index is 0.000000200. The number of hydrogen-bond acceptors (Lipinski definition) is 2. The van der Waals surface area contributed by atoms with Crippen LogP contribution in [0.15, 0.2) is 146 Å². The molecule has 6 aromatic rings. The van der Waals surface area contributed by atoms with Gasteiger partial charge in [0.1, 0.15) is 13.1 Å². The molecule has 0 amide bonds. The molecule has 0 saturated heterocycles. The van der Waals surface area contributed by atoms with E-state index in [1.54, 1.807) is 0 Å². The molecule has 0 N–H and O–H groups in total. The molecular weight excluding hydrogens is 792 g/mol. The number of rotatable bonds is 14. The number of unbranched alkanes of at least 4 members (excludes halogenated alkanes) is 6. The summed E-state index contributed by atoms with van der Waals surface area (Å²) in [6, 6.07) is 39.0. The van der Waals surface area contributed by atoms with E-state index in [9.17, 15) is 0 Å². The Bertz CT molecular complexity index is 1960. The molecule has 0 radical (unpaired) electrons. The Morgan fingerprint density at radius 2 is 0.796 bits per heavy atom. The Morgan fingerprint density at radius 1 is 0.407 bits per heavy atom. The van der Waals surface area contributed by atoms with E-state index in [0.29, 0.717) is 0 Å². The number of benzene rings is 4. The minimum Gasteiger partial charge on any atom is -1.00 e. The summed E-state index contributed by atoms with van der Waals surface area (Å²) < 4.78 is 4.65. The molecule has 8 rings (SSSR count). The molecule has 0 spiro atoms. The molecule has 280 valence electrons. The molecule has 2 aliphatic heterocycles. The van der Waals surface area contributed by atoms with Crippen LogP contribution in [0.2, 0.25) is 0 Å². The molecule has 0 unspecified atom stereocenters. The van der Waals surface area contributed by atoms with E-state index < -0.39 is 0 Å². The van der Waals surface area contributed by atoms with Crippen LogP contribution in [0.1, 0.15) is 73.6 Å². The van der Waals surface area contributed by atoms with Crippen LogP contribution in [0.3, 0.4) is 0 Å². The van der Waals surface area contributed by atoms with Gasteiger partial charge in [0.25, 0.3) is 0 Å². The zero-order chi connectivity index (χ0) is 35.2. The van der Waals surface area contributed by atoms with Gasteiger partial charge in [0.2, 0.25) is 0 Å². The van der Waals surface area contributed by atoms with Crippen LogP contribution in [-0.4, -0.2) is 22.9 Å². The number of hydrogen-bond donors (Lipinski definition) is 0. The highest BCUT2D eigenvalue weighted by Crippen LogP contribution is 2.21. The number of fused-ring (bicyclic) bond motifs is 4. The van der Waals surface area contributed by atoms with E-state index in [0.717, 1.165) is 39.3 Å². The second kappa shape index (κ2) is 21.6. The summed E-state index contributed by atoms with van der Waals surface area (Å²) in [7, 11) is 0. The fraction of sp³-hybridized carbons (Fsp3) is 0.292. The molecular formula is C48H54Br2N4. The third kappa shape index (κ3) is 11.9. The largest absolute Gasteiger partial charge is 1.00 e. The van der Waals surface area contributed by atoms with Crippen LogP contribution < -0.4 is 43.1 Å². The lowest BCUT2D eigenvalue weighted by atomic mass is 10.0. The predicted octanol–water partition coefficient (Wildman–Crippen LogP) is 4.36. The van der Waals surface area contributed by atoms with E-state index in [-0.39, 0.29) is 34.0 Å². The first-order valence-electron chi connectivity index (χ1n) is 19.5. The standard InChI is InChI=1S/2C24H27N2.2BrH/c2*1(7-15-25-17-13-21-9-3-5-11-23(21)19-25)2-8-16-26-18-14-22-10-4-6-12-24(22)20-26;;/h2*3-6,9-14,17-19H,1-2,7-8,15-16,20H2;2*1H/q2*+1;;/p-2. The SMILES string of the molecule is C1=CN(CCCCCC[n+]2ccc3ccccc3c2)Cc2ccccc21.C1=CN(CCCCCC[n+]2ccc3ccccc3c2)Cc2ccccc21.[Br-].[Br-]. The maximum atomic E-state index is 2.44. The van der Waals surface area contributed by atoms with Crippen molar-refractivity contribution in [3.63, 3.8) is 0 Å². The van der Waals surface area contributed by atoms with E-state index in [4.69, 9.17) is 0 Å². The molecule has 0 bridgehead atoms. The van der Waals surface area contributed by atoms with Gasteiger partial charge >= 0.3 is 0 Å². The van der Waals surface area contributed by atoms with Crippen molar-refractivity contribution in [2.45, 2.75) is 77.5 Å². The van der Waals surface area contributed by atoms with Gasteiger partial charge in [-0.25, -0.2) is 9.13 Å². The quantitative estimate of drug-likeness (QED) is 0.120. The minimum atomic E-state index is 0. The van der Waals surface area contributed by atoms with Crippen molar-refractivity contribution < 1.29 is 43.1 Å². The Morgan fingerprint density at radius 3 is 1.26 bits per heavy atom. The summed E-state index contributed by atoms with van der Waals surface area (Å²) in [6.07, 6.45) is 28.2. The highest BCUT2D eigenvalue weighted by molar-refractivity contribution is 5.81. The van der Waals surface area contributed by atoms with Gasteiger partial charge in [0, 0.05) is 61.9 Å². The summed E-state index contributed by atoms with van der Waals surface area (Å²) >= 11 is 0. The number of aryl methyl sites for hydroxylation is 2. The fourth-order valence-electron chi connectivity index (χ4n) is 7.46. The highest BCUT2D eigenvalue weighted by atomic mass is 79.9. The average molecular weight is 847 g/mol. The van der Waals surface area contributed by atoms with Crippen molar-refractivity contribution in [1.29, 1.82) is 0 Å².